The molecule has 0 amide bonds. The molecule has 7 heteroatoms. The van der Waals surface area contributed by atoms with Gasteiger partial charge in [0.25, 0.3) is 5.56 Å². The van der Waals surface area contributed by atoms with Crippen LogP contribution < -0.4 is 5.56 Å². The van der Waals surface area contributed by atoms with Crippen LogP contribution in [0.3, 0.4) is 0 Å². The Morgan fingerprint density at radius 2 is 1.96 bits per heavy atom. The molecule has 0 saturated heterocycles. The lowest BCUT2D eigenvalue weighted by molar-refractivity contribution is 0.0693. The van der Waals surface area contributed by atoms with Gasteiger partial charge in [-0.3, -0.25) is 4.79 Å². The molecule has 0 spiro atoms. The highest BCUT2D eigenvalue weighted by atomic mass is 35.5. The van der Waals surface area contributed by atoms with Crippen molar-refractivity contribution in [3.8, 4) is 5.75 Å². The number of para-hydroxylation sites is 1. The van der Waals surface area contributed by atoms with Crippen molar-refractivity contribution in [2.75, 3.05) is 0 Å². The van der Waals surface area contributed by atoms with Crippen LogP contribution in [-0.2, 0) is 0 Å². The maximum absolute atomic E-state index is 12.1. The van der Waals surface area contributed by atoms with Crippen LogP contribution in [0.4, 0.5) is 0 Å². The highest BCUT2D eigenvalue weighted by Gasteiger charge is 2.11. The third kappa shape index (κ3) is 3.00. The molecule has 0 atom stereocenters. The molecule has 0 saturated carbocycles. The fourth-order valence-electron chi connectivity index (χ4n) is 2.23. The minimum Gasteiger partial charge on any atom is -0.507 e. The number of halogens is 1. The molecule has 1 heterocycles. The molecule has 6 nitrogen and oxygen atoms in total. The topological polar surface area (TPSA) is 103 Å². The summed E-state index contributed by atoms with van der Waals surface area (Å²) < 4.78 is 0. The van der Waals surface area contributed by atoms with Gasteiger partial charge in [0.15, 0.2) is 5.82 Å². The third-order valence-corrected chi connectivity index (χ3v) is 3.67. The molecule has 24 heavy (non-hydrogen) atoms. The zero-order valence-electron chi connectivity index (χ0n) is 12.2. The molecule has 1 aromatic heterocycles. The zero-order valence-corrected chi connectivity index (χ0v) is 12.9. The molecule has 0 aliphatic rings. The van der Waals surface area contributed by atoms with Crippen LogP contribution in [-0.4, -0.2) is 26.2 Å². The van der Waals surface area contributed by atoms with Gasteiger partial charge in [0.2, 0.25) is 0 Å². The molecule has 0 bridgehead atoms. The number of aromatic carboxylic acids is 1. The molecule has 3 N–H and O–H groups in total. The van der Waals surface area contributed by atoms with Crippen LogP contribution >= 0.6 is 11.6 Å². The molecular formula is C17H11ClN2O4. The first kappa shape index (κ1) is 15.8. The SMILES string of the molecule is O=C(O)c1cc(/C=C(\Cl)c2nc3ccccc3c(=O)[nH]2)ccc1O. The summed E-state index contributed by atoms with van der Waals surface area (Å²) in [5, 5.41) is 19.1. The largest absolute Gasteiger partial charge is 0.507 e. The van der Waals surface area contributed by atoms with Crippen LogP contribution in [0.15, 0.2) is 47.3 Å². The summed E-state index contributed by atoms with van der Waals surface area (Å²) in [4.78, 5) is 30.0. The zero-order chi connectivity index (χ0) is 17.3. The van der Waals surface area contributed by atoms with Crippen molar-refractivity contribution in [3.05, 3.63) is 69.8 Å². The van der Waals surface area contributed by atoms with E-state index in [4.69, 9.17) is 16.7 Å². The van der Waals surface area contributed by atoms with E-state index < -0.39 is 5.97 Å². The van der Waals surface area contributed by atoms with Crippen molar-refractivity contribution in [1.29, 1.82) is 0 Å². The van der Waals surface area contributed by atoms with Gasteiger partial charge in [-0.25, -0.2) is 9.78 Å². The molecule has 0 unspecified atom stereocenters. The average molecular weight is 343 g/mol. The van der Waals surface area contributed by atoms with Gasteiger partial charge in [0, 0.05) is 0 Å². The second-order valence-corrected chi connectivity index (χ2v) is 5.41. The minimum absolute atomic E-state index is 0.139. The van der Waals surface area contributed by atoms with E-state index in [1.165, 1.54) is 24.3 Å². The van der Waals surface area contributed by atoms with E-state index in [0.29, 0.717) is 16.5 Å². The van der Waals surface area contributed by atoms with Crippen molar-refractivity contribution >= 4 is 39.6 Å². The van der Waals surface area contributed by atoms with Gasteiger partial charge < -0.3 is 15.2 Å². The van der Waals surface area contributed by atoms with Gasteiger partial charge in [-0.2, -0.15) is 0 Å². The molecule has 2 aromatic carbocycles. The van der Waals surface area contributed by atoms with E-state index in [0.717, 1.165) is 0 Å². The quantitative estimate of drug-likeness (QED) is 0.678. The van der Waals surface area contributed by atoms with E-state index in [1.807, 2.05) is 0 Å². The Labute approximate surface area is 140 Å². The second-order valence-electron chi connectivity index (χ2n) is 5.01. The third-order valence-electron chi connectivity index (χ3n) is 3.38. The number of H-pyrrole nitrogens is 1. The minimum atomic E-state index is -1.25. The van der Waals surface area contributed by atoms with Crippen molar-refractivity contribution in [2.45, 2.75) is 0 Å². The highest BCUT2D eigenvalue weighted by Crippen LogP contribution is 2.24. The monoisotopic (exact) mass is 342 g/mol. The summed E-state index contributed by atoms with van der Waals surface area (Å²) in [6.07, 6.45) is 1.46. The number of hydrogen-bond donors (Lipinski definition) is 3. The molecule has 0 radical (unpaired) electrons. The van der Waals surface area contributed by atoms with Gasteiger partial charge in [-0.1, -0.05) is 29.8 Å². The van der Waals surface area contributed by atoms with Crippen molar-refractivity contribution in [2.24, 2.45) is 0 Å². The van der Waals surface area contributed by atoms with Crippen LogP contribution in [0.1, 0.15) is 21.7 Å². The fourth-order valence-corrected chi connectivity index (χ4v) is 2.44. The van der Waals surface area contributed by atoms with Crippen LogP contribution in [0.2, 0.25) is 0 Å². The van der Waals surface area contributed by atoms with E-state index in [1.54, 1.807) is 24.3 Å². The van der Waals surface area contributed by atoms with Gasteiger partial charge >= 0.3 is 5.97 Å². The first-order valence-corrected chi connectivity index (χ1v) is 7.26. The fraction of sp³-hybridized carbons (Fsp3) is 0. The number of aromatic amines is 1. The van der Waals surface area contributed by atoms with Gasteiger partial charge in [0.1, 0.15) is 11.3 Å². The normalized spacial score (nSPS) is 11.6. The van der Waals surface area contributed by atoms with Crippen LogP contribution in [0, 0.1) is 0 Å². The number of nitrogens with one attached hydrogen (secondary N) is 1. The number of aromatic nitrogens is 2. The summed E-state index contributed by atoms with van der Waals surface area (Å²) >= 11 is 6.20. The number of hydrogen-bond acceptors (Lipinski definition) is 4. The second kappa shape index (κ2) is 6.17. The number of fused-ring (bicyclic) bond motifs is 1. The standard InChI is InChI=1S/C17H11ClN2O4/c18-12(8-9-5-6-14(21)11(7-9)17(23)24)15-19-13-4-2-1-3-10(13)16(22)20-15/h1-8,21H,(H,23,24)(H,19,20,22)/b12-8-. The Morgan fingerprint density at radius 3 is 2.71 bits per heavy atom. The first-order valence-electron chi connectivity index (χ1n) is 6.88. The Morgan fingerprint density at radius 1 is 1.21 bits per heavy atom. The lowest BCUT2D eigenvalue weighted by Gasteiger charge is -2.04. The average Bonchev–Trinajstić information content (AvgIpc) is 2.56. The number of aromatic hydroxyl groups is 1. The summed E-state index contributed by atoms with van der Waals surface area (Å²) in [6.45, 7) is 0. The van der Waals surface area contributed by atoms with E-state index >= 15 is 0 Å². The molecule has 0 aliphatic heterocycles. The predicted molar refractivity (Wildman–Crippen MR) is 91.2 cm³/mol. The Bertz CT molecular complexity index is 1040. The number of carbonyl (C=O) groups is 1. The maximum atomic E-state index is 12.1. The maximum Gasteiger partial charge on any atom is 0.339 e. The summed E-state index contributed by atoms with van der Waals surface area (Å²) in [5.41, 5.74) is 0.387. The van der Waals surface area contributed by atoms with E-state index in [-0.39, 0.29) is 27.7 Å². The van der Waals surface area contributed by atoms with Crippen molar-refractivity contribution < 1.29 is 15.0 Å². The number of carboxylic acids is 1. The Hall–Kier alpha value is -3.12. The summed E-state index contributed by atoms with van der Waals surface area (Å²) in [6, 6.07) is 10.9. The number of benzene rings is 2. The number of carboxylic acid groups (broad SMARTS) is 1. The molecular weight excluding hydrogens is 332 g/mol. The number of nitrogens with zero attached hydrogens (tertiary/aromatic N) is 1. The molecule has 0 fully saturated rings. The molecule has 3 rings (SSSR count). The van der Waals surface area contributed by atoms with Crippen molar-refractivity contribution in [1.82, 2.24) is 9.97 Å². The number of rotatable bonds is 3. The first-order chi connectivity index (χ1) is 11.5. The highest BCUT2D eigenvalue weighted by molar-refractivity contribution is 6.50. The predicted octanol–water partition coefficient (Wildman–Crippen LogP) is 3.06. The Kier molecular flexibility index (Phi) is 4.05. The number of phenols is 1. The van der Waals surface area contributed by atoms with E-state index in [2.05, 4.69) is 9.97 Å². The van der Waals surface area contributed by atoms with Crippen LogP contribution in [0.5, 0.6) is 5.75 Å². The van der Waals surface area contributed by atoms with Gasteiger partial charge in [0.05, 0.1) is 15.9 Å². The summed E-state index contributed by atoms with van der Waals surface area (Å²) in [5.74, 6) is -1.42. The smallest absolute Gasteiger partial charge is 0.339 e. The van der Waals surface area contributed by atoms with Crippen molar-refractivity contribution in [3.63, 3.8) is 0 Å². The van der Waals surface area contributed by atoms with E-state index in [9.17, 15) is 14.7 Å². The molecule has 0 aliphatic carbocycles. The Balaban J connectivity index is 2.07. The molecule has 120 valence electrons. The summed E-state index contributed by atoms with van der Waals surface area (Å²) in [7, 11) is 0. The lowest BCUT2D eigenvalue weighted by Crippen LogP contribution is -2.10. The van der Waals surface area contributed by atoms with Gasteiger partial charge in [-0.05, 0) is 35.9 Å². The van der Waals surface area contributed by atoms with Crippen LogP contribution in [0.25, 0.3) is 22.0 Å². The lowest BCUT2D eigenvalue weighted by atomic mass is 10.1. The molecule has 3 aromatic rings. The van der Waals surface area contributed by atoms with Gasteiger partial charge in [-0.15, -0.1) is 0 Å².